The number of nitrogens with zero attached hydrogens (tertiary/aromatic N) is 2. The highest BCUT2D eigenvalue weighted by Gasteiger charge is 2.36. The van der Waals surface area contributed by atoms with Crippen LogP contribution in [0.2, 0.25) is 0 Å². The first-order valence-electron chi connectivity index (χ1n) is 9.86. The highest BCUT2D eigenvalue weighted by atomic mass is 19.1. The Morgan fingerprint density at radius 2 is 1.79 bits per heavy atom. The number of halogens is 1. The third-order valence-electron chi connectivity index (χ3n) is 5.70. The van der Waals surface area contributed by atoms with Gasteiger partial charge in [-0.05, 0) is 53.8 Å². The van der Waals surface area contributed by atoms with E-state index in [1.54, 1.807) is 19.2 Å². The molecule has 0 amide bonds. The van der Waals surface area contributed by atoms with Gasteiger partial charge in [-0.1, -0.05) is 36.4 Å². The minimum Gasteiger partial charge on any atom is -0.497 e. The summed E-state index contributed by atoms with van der Waals surface area (Å²) in [5.74, 6) is 0.270. The fraction of sp³-hybridized carbons (Fsp3) is 0.292. The predicted octanol–water partition coefficient (Wildman–Crippen LogP) is 4.38. The maximum Gasteiger partial charge on any atom is 0.218 e. The van der Waals surface area contributed by atoms with Gasteiger partial charge in [0.05, 0.1) is 12.7 Å². The van der Waals surface area contributed by atoms with Gasteiger partial charge in [-0.15, -0.1) is 0 Å². The Bertz CT molecular complexity index is 967. The third kappa shape index (κ3) is 4.31. The highest BCUT2D eigenvalue weighted by Crippen LogP contribution is 2.34. The van der Waals surface area contributed by atoms with Crippen LogP contribution in [0.5, 0.6) is 5.75 Å². The molecule has 0 spiro atoms. The number of benzene rings is 2. The lowest BCUT2D eigenvalue weighted by molar-refractivity contribution is -0.0308. The van der Waals surface area contributed by atoms with E-state index < -0.39 is 11.5 Å². The lowest BCUT2D eigenvalue weighted by Crippen LogP contribution is -2.42. The standard InChI is InChI=1S/C24H25FN2O2/c1-29-21-9-7-19(8-10-21)20-5-2-4-18(16-20)17-27-14-11-24(28,12-15-27)22-6-3-13-26-23(22)25/h2-10,13,16,28H,11-12,14-15,17H2,1H3. The number of hydrogen-bond acceptors (Lipinski definition) is 4. The molecule has 0 aliphatic carbocycles. The average molecular weight is 392 g/mol. The fourth-order valence-electron chi connectivity index (χ4n) is 3.97. The molecule has 29 heavy (non-hydrogen) atoms. The Labute approximate surface area is 170 Å². The quantitative estimate of drug-likeness (QED) is 0.655. The normalized spacial score (nSPS) is 16.5. The number of likely N-dealkylation sites (tertiary alicyclic amines) is 1. The largest absolute Gasteiger partial charge is 0.497 e. The molecule has 1 aliphatic rings. The van der Waals surface area contributed by atoms with Crippen molar-refractivity contribution in [1.82, 2.24) is 9.88 Å². The minimum absolute atomic E-state index is 0.307. The van der Waals surface area contributed by atoms with Crippen molar-refractivity contribution in [2.24, 2.45) is 0 Å². The number of aliphatic hydroxyl groups is 1. The summed E-state index contributed by atoms with van der Waals surface area (Å²) in [6, 6.07) is 19.8. The molecule has 0 saturated carbocycles. The van der Waals surface area contributed by atoms with Gasteiger partial charge in [0.1, 0.15) is 5.75 Å². The Morgan fingerprint density at radius 1 is 1.03 bits per heavy atom. The molecular formula is C24H25FN2O2. The molecular weight excluding hydrogens is 367 g/mol. The van der Waals surface area contributed by atoms with E-state index in [4.69, 9.17) is 4.74 Å². The molecule has 1 aromatic heterocycles. The lowest BCUT2D eigenvalue weighted by Gasteiger charge is -2.38. The fourth-order valence-corrected chi connectivity index (χ4v) is 3.97. The first kappa shape index (κ1) is 19.6. The van der Waals surface area contributed by atoms with Gasteiger partial charge in [0.2, 0.25) is 5.95 Å². The van der Waals surface area contributed by atoms with Crippen molar-refractivity contribution in [2.75, 3.05) is 20.2 Å². The number of methoxy groups -OCH3 is 1. The molecule has 1 aliphatic heterocycles. The molecule has 0 radical (unpaired) electrons. The molecule has 3 aromatic rings. The van der Waals surface area contributed by atoms with Gasteiger partial charge >= 0.3 is 0 Å². The van der Waals surface area contributed by atoms with E-state index in [1.165, 1.54) is 11.8 Å². The van der Waals surface area contributed by atoms with Gasteiger partial charge in [-0.25, -0.2) is 4.98 Å². The van der Waals surface area contributed by atoms with Crippen molar-refractivity contribution in [3.63, 3.8) is 0 Å². The third-order valence-corrected chi connectivity index (χ3v) is 5.70. The molecule has 0 bridgehead atoms. The molecule has 1 saturated heterocycles. The molecule has 4 rings (SSSR count). The number of aromatic nitrogens is 1. The zero-order valence-electron chi connectivity index (χ0n) is 16.5. The Kier molecular flexibility index (Phi) is 5.60. The van der Waals surface area contributed by atoms with E-state index in [9.17, 15) is 9.50 Å². The van der Waals surface area contributed by atoms with E-state index in [0.29, 0.717) is 31.5 Å². The van der Waals surface area contributed by atoms with Crippen molar-refractivity contribution in [3.8, 4) is 16.9 Å². The van der Waals surface area contributed by atoms with Crippen LogP contribution in [0.1, 0.15) is 24.0 Å². The number of rotatable bonds is 5. The molecule has 150 valence electrons. The van der Waals surface area contributed by atoms with Crippen LogP contribution < -0.4 is 4.74 Å². The van der Waals surface area contributed by atoms with Crippen LogP contribution in [-0.4, -0.2) is 35.2 Å². The van der Waals surface area contributed by atoms with Gasteiger partial charge in [-0.3, -0.25) is 4.90 Å². The summed E-state index contributed by atoms with van der Waals surface area (Å²) in [5.41, 5.74) is 2.70. The van der Waals surface area contributed by atoms with E-state index >= 15 is 0 Å². The molecule has 0 unspecified atom stereocenters. The maximum atomic E-state index is 14.0. The second-order valence-electron chi connectivity index (χ2n) is 7.58. The maximum absolute atomic E-state index is 14.0. The van der Waals surface area contributed by atoms with Crippen LogP contribution in [0.3, 0.4) is 0 Å². The zero-order chi connectivity index (χ0) is 20.3. The van der Waals surface area contributed by atoms with Crippen molar-refractivity contribution < 1.29 is 14.2 Å². The van der Waals surface area contributed by atoms with Gasteiger partial charge in [-0.2, -0.15) is 4.39 Å². The van der Waals surface area contributed by atoms with E-state index in [2.05, 4.69) is 46.3 Å². The van der Waals surface area contributed by atoms with Crippen LogP contribution in [0.25, 0.3) is 11.1 Å². The summed E-state index contributed by atoms with van der Waals surface area (Å²) < 4.78 is 19.3. The molecule has 4 nitrogen and oxygen atoms in total. The summed E-state index contributed by atoms with van der Waals surface area (Å²) in [6.45, 7) is 2.21. The number of ether oxygens (including phenoxy) is 1. The summed E-state index contributed by atoms with van der Waals surface area (Å²) in [6.07, 6.45) is 2.40. The summed E-state index contributed by atoms with van der Waals surface area (Å²) in [7, 11) is 1.66. The first-order chi connectivity index (χ1) is 14.1. The first-order valence-corrected chi connectivity index (χ1v) is 9.86. The van der Waals surface area contributed by atoms with Gasteiger partial charge in [0, 0.05) is 31.4 Å². The molecule has 2 aromatic carbocycles. The van der Waals surface area contributed by atoms with Crippen LogP contribution >= 0.6 is 0 Å². The molecule has 2 heterocycles. The second kappa shape index (κ2) is 8.31. The number of pyridine rings is 1. The summed E-state index contributed by atoms with van der Waals surface area (Å²) in [5, 5.41) is 10.9. The van der Waals surface area contributed by atoms with E-state index in [0.717, 1.165) is 23.4 Å². The Hall–Kier alpha value is -2.76. The van der Waals surface area contributed by atoms with Crippen LogP contribution in [0.15, 0.2) is 66.9 Å². The van der Waals surface area contributed by atoms with Crippen molar-refractivity contribution in [3.05, 3.63) is 83.9 Å². The van der Waals surface area contributed by atoms with Crippen LogP contribution in [0.4, 0.5) is 4.39 Å². The van der Waals surface area contributed by atoms with Crippen LogP contribution in [-0.2, 0) is 12.1 Å². The zero-order valence-corrected chi connectivity index (χ0v) is 16.5. The lowest BCUT2D eigenvalue weighted by atomic mass is 9.85. The molecule has 5 heteroatoms. The van der Waals surface area contributed by atoms with Gasteiger partial charge in [0.15, 0.2) is 0 Å². The van der Waals surface area contributed by atoms with E-state index in [-0.39, 0.29) is 0 Å². The molecule has 0 atom stereocenters. The van der Waals surface area contributed by atoms with Crippen LogP contribution in [0, 0.1) is 5.95 Å². The Morgan fingerprint density at radius 3 is 2.48 bits per heavy atom. The van der Waals surface area contributed by atoms with Gasteiger partial charge < -0.3 is 9.84 Å². The van der Waals surface area contributed by atoms with Crippen molar-refractivity contribution >= 4 is 0 Å². The summed E-state index contributed by atoms with van der Waals surface area (Å²) in [4.78, 5) is 5.99. The second-order valence-corrected chi connectivity index (χ2v) is 7.58. The molecule has 1 N–H and O–H groups in total. The minimum atomic E-state index is -1.14. The number of piperidine rings is 1. The van der Waals surface area contributed by atoms with Crippen molar-refractivity contribution in [2.45, 2.75) is 25.0 Å². The smallest absolute Gasteiger partial charge is 0.218 e. The number of hydrogen-bond donors (Lipinski definition) is 1. The molecule has 1 fully saturated rings. The monoisotopic (exact) mass is 392 g/mol. The summed E-state index contributed by atoms with van der Waals surface area (Å²) >= 11 is 0. The van der Waals surface area contributed by atoms with Crippen molar-refractivity contribution in [1.29, 1.82) is 0 Å². The average Bonchev–Trinajstić information content (AvgIpc) is 2.76. The SMILES string of the molecule is COc1ccc(-c2cccc(CN3CCC(O)(c4cccnc4F)CC3)c2)cc1. The predicted molar refractivity (Wildman–Crippen MR) is 111 cm³/mol. The van der Waals surface area contributed by atoms with E-state index in [1.807, 2.05) is 12.1 Å². The highest BCUT2D eigenvalue weighted by molar-refractivity contribution is 5.64. The topological polar surface area (TPSA) is 45.6 Å². The van der Waals surface area contributed by atoms with Gasteiger partial charge in [0.25, 0.3) is 0 Å². The Balaban J connectivity index is 1.42.